The minimum absolute atomic E-state index is 0.0182. The van der Waals surface area contributed by atoms with Crippen LogP contribution in [0.5, 0.6) is 0 Å². The Kier molecular flexibility index (Phi) is 5.52. The molecule has 2 aromatic heterocycles. The molecule has 1 atom stereocenters. The summed E-state index contributed by atoms with van der Waals surface area (Å²) < 4.78 is 2.10. The van der Waals surface area contributed by atoms with Crippen molar-refractivity contribution >= 4 is 22.7 Å². The van der Waals surface area contributed by atoms with Crippen LogP contribution in [0.1, 0.15) is 54.9 Å². The molecule has 172 valence electrons. The first-order valence-electron chi connectivity index (χ1n) is 11.6. The first-order valence-corrected chi connectivity index (χ1v) is 11.6. The summed E-state index contributed by atoms with van der Waals surface area (Å²) in [4.78, 5) is 49.0. The van der Waals surface area contributed by atoms with E-state index in [2.05, 4.69) is 27.9 Å². The van der Waals surface area contributed by atoms with Gasteiger partial charge in [0.2, 0.25) is 11.8 Å². The minimum atomic E-state index is -0.226. The number of likely N-dealkylation sites (tertiary alicyclic amines) is 1. The van der Waals surface area contributed by atoms with Crippen LogP contribution in [-0.4, -0.2) is 49.2 Å². The Bertz CT molecular complexity index is 1290. The molecule has 4 heterocycles. The normalized spacial score (nSPS) is 18.1. The van der Waals surface area contributed by atoms with Gasteiger partial charge in [0, 0.05) is 56.1 Å². The number of aromatic nitrogens is 3. The number of aryl methyl sites for hydroxylation is 2. The Morgan fingerprint density at radius 1 is 1.21 bits per heavy atom. The topological polar surface area (TPSA) is 91.3 Å². The van der Waals surface area contributed by atoms with E-state index in [-0.39, 0.29) is 23.4 Å². The van der Waals surface area contributed by atoms with Crippen LogP contribution < -0.4 is 5.56 Å². The Morgan fingerprint density at radius 3 is 2.85 bits per heavy atom. The van der Waals surface area contributed by atoms with Gasteiger partial charge in [-0.15, -0.1) is 0 Å². The van der Waals surface area contributed by atoms with Crippen LogP contribution in [0.25, 0.3) is 10.9 Å². The molecular formula is C25H29N5O3. The van der Waals surface area contributed by atoms with Crippen molar-refractivity contribution in [3.63, 3.8) is 0 Å². The van der Waals surface area contributed by atoms with Gasteiger partial charge in [0.1, 0.15) is 5.82 Å². The molecule has 3 aromatic rings. The lowest BCUT2D eigenvalue weighted by molar-refractivity contribution is -0.132. The van der Waals surface area contributed by atoms with Gasteiger partial charge in [-0.1, -0.05) is 18.2 Å². The van der Waals surface area contributed by atoms with Crippen molar-refractivity contribution in [1.82, 2.24) is 24.3 Å². The zero-order chi connectivity index (χ0) is 23.1. The number of carbonyl (C=O) groups excluding carboxylic acids is 2. The summed E-state index contributed by atoms with van der Waals surface area (Å²) in [5.41, 5.74) is 3.50. The summed E-state index contributed by atoms with van der Waals surface area (Å²) in [5, 5.41) is 1.18. The number of rotatable bonds is 4. The van der Waals surface area contributed by atoms with Crippen LogP contribution in [0.2, 0.25) is 0 Å². The molecule has 8 nitrogen and oxygen atoms in total. The van der Waals surface area contributed by atoms with E-state index in [1.165, 1.54) is 17.9 Å². The van der Waals surface area contributed by atoms with E-state index in [4.69, 9.17) is 4.98 Å². The quantitative estimate of drug-likeness (QED) is 0.665. The van der Waals surface area contributed by atoms with Crippen molar-refractivity contribution in [2.24, 2.45) is 7.05 Å². The zero-order valence-corrected chi connectivity index (χ0v) is 19.1. The highest BCUT2D eigenvalue weighted by Gasteiger charge is 2.33. The summed E-state index contributed by atoms with van der Waals surface area (Å²) in [6.07, 6.45) is 5.35. The third-order valence-corrected chi connectivity index (χ3v) is 7.01. The number of aromatic amines is 1. The average Bonchev–Trinajstić information content (AvgIpc) is 3.42. The number of hydrogen-bond donors (Lipinski definition) is 1. The predicted molar refractivity (Wildman–Crippen MR) is 125 cm³/mol. The number of carbonyl (C=O) groups is 2. The van der Waals surface area contributed by atoms with Gasteiger partial charge in [-0.25, -0.2) is 4.98 Å². The molecule has 5 rings (SSSR count). The fourth-order valence-corrected chi connectivity index (χ4v) is 5.24. The average molecular weight is 448 g/mol. The van der Waals surface area contributed by atoms with E-state index < -0.39 is 0 Å². The van der Waals surface area contributed by atoms with Crippen molar-refractivity contribution in [2.45, 2.75) is 51.6 Å². The van der Waals surface area contributed by atoms with E-state index in [1.54, 1.807) is 4.90 Å². The molecule has 2 amide bonds. The lowest BCUT2D eigenvalue weighted by Gasteiger charge is -2.28. The number of H-pyrrole nitrogens is 1. The zero-order valence-electron chi connectivity index (χ0n) is 19.1. The molecule has 2 aliphatic rings. The Labute approximate surface area is 192 Å². The fourth-order valence-electron chi connectivity index (χ4n) is 5.24. The van der Waals surface area contributed by atoms with E-state index in [0.717, 1.165) is 18.4 Å². The monoisotopic (exact) mass is 447 g/mol. The number of nitrogens with one attached hydrogen (secondary N) is 1. The smallest absolute Gasteiger partial charge is 0.254 e. The van der Waals surface area contributed by atoms with Crippen LogP contribution in [0.3, 0.4) is 0 Å². The van der Waals surface area contributed by atoms with E-state index in [1.807, 2.05) is 24.1 Å². The summed E-state index contributed by atoms with van der Waals surface area (Å²) in [6, 6.07) is 8.00. The number of amides is 2. The van der Waals surface area contributed by atoms with Crippen LogP contribution in [0.4, 0.5) is 0 Å². The first-order chi connectivity index (χ1) is 15.9. The molecule has 1 aromatic carbocycles. The van der Waals surface area contributed by atoms with Gasteiger partial charge < -0.3 is 19.4 Å². The van der Waals surface area contributed by atoms with Crippen LogP contribution in [-0.2, 0) is 36.0 Å². The van der Waals surface area contributed by atoms with Crippen molar-refractivity contribution in [1.29, 1.82) is 0 Å². The molecule has 0 bridgehead atoms. The molecule has 33 heavy (non-hydrogen) atoms. The second kappa shape index (κ2) is 8.50. The molecule has 1 saturated heterocycles. The second-order valence-corrected chi connectivity index (χ2v) is 9.09. The molecule has 0 saturated carbocycles. The SMILES string of the molecule is CC(=O)N1CCc2c(nc([C@@H]3CCCN3C(=O)CCc3cn(C)c4ccccc34)[nH]c2=O)C1. The molecule has 0 unspecified atom stereocenters. The number of para-hydroxylation sites is 1. The number of nitrogens with zero attached hydrogens (tertiary/aromatic N) is 4. The highest BCUT2D eigenvalue weighted by atomic mass is 16.2. The van der Waals surface area contributed by atoms with Gasteiger partial charge in [0.15, 0.2) is 0 Å². The van der Waals surface area contributed by atoms with Gasteiger partial charge in [-0.2, -0.15) is 0 Å². The van der Waals surface area contributed by atoms with Crippen LogP contribution in [0.15, 0.2) is 35.3 Å². The molecular weight excluding hydrogens is 418 g/mol. The fraction of sp³-hybridized carbons (Fsp3) is 0.440. The third kappa shape index (κ3) is 3.94. The largest absolute Gasteiger partial charge is 0.350 e. The molecule has 0 spiro atoms. The maximum absolute atomic E-state index is 13.2. The maximum atomic E-state index is 13.2. The van der Waals surface area contributed by atoms with E-state index in [0.29, 0.717) is 56.0 Å². The predicted octanol–water partition coefficient (Wildman–Crippen LogP) is 2.46. The van der Waals surface area contributed by atoms with Crippen molar-refractivity contribution in [2.75, 3.05) is 13.1 Å². The standard InChI is InChI=1S/C25H29N5O3/c1-16(31)29-13-11-19-20(15-29)26-24(27-25(19)33)22-8-5-12-30(22)23(32)10-9-17-14-28(2)21-7-4-3-6-18(17)21/h3-4,6-7,14,22H,5,8-13,15H2,1-2H3,(H,26,27,33)/t22-/m0/s1. The lowest BCUT2D eigenvalue weighted by atomic mass is 10.1. The van der Waals surface area contributed by atoms with Gasteiger partial charge in [-0.05, 0) is 37.3 Å². The highest BCUT2D eigenvalue weighted by Crippen LogP contribution is 2.31. The number of fused-ring (bicyclic) bond motifs is 2. The summed E-state index contributed by atoms with van der Waals surface area (Å²) >= 11 is 0. The Morgan fingerprint density at radius 2 is 2.03 bits per heavy atom. The van der Waals surface area contributed by atoms with Crippen molar-refractivity contribution < 1.29 is 9.59 Å². The van der Waals surface area contributed by atoms with Gasteiger partial charge >= 0.3 is 0 Å². The van der Waals surface area contributed by atoms with E-state index >= 15 is 0 Å². The van der Waals surface area contributed by atoms with Crippen LogP contribution in [0, 0.1) is 0 Å². The molecule has 0 radical (unpaired) electrons. The molecule has 1 fully saturated rings. The summed E-state index contributed by atoms with van der Waals surface area (Å²) in [5.74, 6) is 0.603. The van der Waals surface area contributed by atoms with Gasteiger partial charge in [0.25, 0.3) is 5.56 Å². The minimum Gasteiger partial charge on any atom is -0.350 e. The Hall–Kier alpha value is -3.42. The molecule has 1 N–H and O–H groups in total. The first kappa shape index (κ1) is 21.4. The summed E-state index contributed by atoms with van der Waals surface area (Å²) in [6.45, 7) is 3.09. The van der Waals surface area contributed by atoms with Crippen molar-refractivity contribution in [3.8, 4) is 0 Å². The van der Waals surface area contributed by atoms with Gasteiger partial charge in [-0.3, -0.25) is 14.4 Å². The van der Waals surface area contributed by atoms with Crippen molar-refractivity contribution in [3.05, 3.63) is 63.5 Å². The van der Waals surface area contributed by atoms with Crippen LogP contribution >= 0.6 is 0 Å². The van der Waals surface area contributed by atoms with E-state index in [9.17, 15) is 14.4 Å². The third-order valence-electron chi connectivity index (χ3n) is 7.01. The maximum Gasteiger partial charge on any atom is 0.254 e. The molecule has 2 aliphatic heterocycles. The summed E-state index contributed by atoms with van der Waals surface area (Å²) in [7, 11) is 2.02. The van der Waals surface area contributed by atoms with Gasteiger partial charge in [0.05, 0.1) is 18.3 Å². The molecule has 8 heteroatoms. The highest BCUT2D eigenvalue weighted by molar-refractivity contribution is 5.85. The number of benzene rings is 1. The Balaban J connectivity index is 1.34. The number of hydrogen-bond acceptors (Lipinski definition) is 4. The molecule has 0 aliphatic carbocycles. The second-order valence-electron chi connectivity index (χ2n) is 9.09. The lowest BCUT2D eigenvalue weighted by Crippen LogP contribution is -2.39.